The minimum atomic E-state index is 0.885. The Hall–Kier alpha value is -2.69. The molecular formula is C57H92N2Ni. The van der Waals surface area contributed by atoms with E-state index in [4.69, 9.17) is 0 Å². The summed E-state index contributed by atoms with van der Waals surface area (Å²) in [7, 11) is 0. The van der Waals surface area contributed by atoms with Gasteiger partial charge in [0, 0.05) is 0 Å². The van der Waals surface area contributed by atoms with Gasteiger partial charge in [-0.2, -0.15) is 0 Å². The molecule has 0 atom stereocenters. The summed E-state index contributed by atoms with van der Waals surface area (Å²) in [6.07, 6.45) is 44.7. The Kier molecular flexibility index (Phi) is 38.4. The van der Waals surface area contributed by atoms with E-state index in [9.17, 15) is 5.53 Å². The summed E-state index contributed by atoms with van der Waals surface area (Å²) in [6, 6.07) is 18.1. The molecule has 0 spiro atoms. The van der Waals surface area contributed by atoms with Crippen LogP contribution < -0.4 is 0 Å². The molecule has 0 aliphatic rings. The Morgan fingerprint density at radius 1 is 0.517 bits per heavy atom. The fraction of sp³-hybridized carbons (Fsp3) is 0.649. The SMILES string of the molecule is CCCCCCCCCCC=[CH][Ni][CH]=CCCCCCCCCCC.CCCCCCc1cccc(C(=C(CCCCC)C(=C=[N+]=[N-])CCCC)c2cccc(CC)c2)c1. The van der Waals surface area contributed by atoms with Crippen LogP contribution in [-0.4, -0.2) is 10.7 Å². The molecule has 0 saturated carbocycles. The van der Waals surface area contributed by atoms with Crippen LogP contribution in [0.4, 0.5) is 0 Å². The van der Waals surface area contributed by atoms with Gasteiger partial charge in [-0.15, -0.1) is 4.79 Å². The predicted octanol–water partition coefficient (Wildman–Crippen LogP) is 18.9. The summed E-state index contributed by atoms with van der Waals surface area (Å²) < 4.78 is 0. The maximum atomic E-state index is 9.52. The minimum absolute atomic E-state index is 0.885. The van der Waals surface area contributed by atoms with Crippen molar-refractivity contribution in [2.45, 2.75) is 241 Å². The number of nitrogens with zero attached hydrogens (tertiary/aromatic N) is 2. The summed E-state index contributed by atoms with van der Waals surface area (Å²) in [5.74, 6) is 3.00. The average molecular weight is 864 g/mol. The average Bonchev–Trinajstić information content (AvgIpc) is 3.27. The second-order valence-electron chi connectivity index (χ2n) is 17.0. The summed E-state index contributed by atoms with van der Waals surface area (Å²) >= 11 is 1.67. The first-order valence-corrected chi connectivity index (χ1v) is 26.5. The van der Waals surface area contributed by atoms with E-state index >= 15 is 0 Å². The molecule has 0 saturated heterocycles. The van der Waals surface area contributed by atoms with Gasteiger partial charge < -0.3 is 5.53 Å². The standard InChI is InChI=1S/C33H46N2.2C12H23.Ni/c1-5-9-12-14-17-28-19-16-22-30(25-28)33(29-21-15-18-27(8-4)24-29)32(23-13-10-6-2)31(26-35-34)20-11-7-3;2*1-3-5-7-9-11-12-10-8-6-4-2;/h15-16,18-19,21-22,24-25H,5-14,17,20,23H2,1-4H3;2*1,3H,4-12H2,2H3;. The zero-order valence-electron chi connectivity index (χ0n) is 40.1. The first kappa shape index (κ1) is 55.3. The molecule has 2 aromatic carbocycles. The number of unbranched alkanes of at least 4 members (excludes halogenated alkanes) is 22. The molecule has 0 aliphatic heterocycles. The Bertz CT molecular complexity index is 1460. The van der Waals surface area contributed by atoms with E-state index in [1.165, 1.54) is 187 Å². The van der Waals surface area contributed by atoms with Crippen molar-refractivity contribution in [1.82, 2.24) is 0 Å². The van der Waals surface area contributed by atoms with Crippen LogP contribution >= 0.6 is 0 Å². The van der Waals surface area contributed by atoms with Crippen molar-refractivity contribution < 1.29 is 19.2 Å². The summed E-state index contributed by atoms with van der Waals surface area (Å²) in [6.45, 7) is 13.5. The third kappa shape index (κ3) is 28.8. The van der Waals surface area contributed by atoms with E-state index in [0.717, 1.165) is 50.5 Å². The molecule has 3 heteroatoms. The fourth-order valence-electron chi connectivity index (χ4n) is 7.79. The summed E-state index contributed by atoms with van der Waals surface area (Å²) in [4.78, 5) is 3.40. The van der Waals surface area contributed by atoms with E-state index in [2.05, 4.69) is 123 Å². The van der Waals surface area contributed by atoms with Crippen molar-refractivity contribution in [3.05, 3.63) is 110 Å². The number of allylic oxidation sites excluding steroid dienone is 4. The first-order valence-electron chi connectivity index (χ1n) is 25.3. The second kappa shape index (κ2) is 41.7. The summed E-state index contributed by atoms with van der Waals surface area (Å²) in [5.41, 5.74) is 18.4. The third-order valence-corrected chi connectivity index (χ3v) is 12.4. The molecule has 0 bridgehead atoms. The molecule has 0 N–H and O–H groups in total. The topological polar surface area (TPSA) is 36.4 Å². The van der Waals surface area contributed by atoms with E-state index in [1.807, 2.05) is 0 Å². The van der Waals surface area contributed by atoms with Crippen molar-refractivity contribution in [3.8, 4) is 0 Å². The van der Waals surface area contributed by atoms with Gasteiger partial charge in [0.05, 0.1) is 5.57 Å². The molecule has 0 heterocycles. The van der Waals surface area contributed by atoms with E-state index < -0.39 is 0 Å². The van der Waals surface area contributed by atoms with Gasteiger partial charge in [0.2, 0.25) is 0 Å². The fourth-order valence-corrected chi connectivity index (χ4v) is 8.49. The zero-order chi connectivity index (χ0) is 43.6. The van der Waals surface area contributed by atoms with Crippen molar-refractivity contribution in [3.63, 3.8) is 0 Å². The number of hydrogen-bond donors (Lipinski definition) is 0. The molecule has 340 valence electrons. The van der Waals surface area contributed by atoms with Crippen LogP contribution in [0.5, 0.6) is 0 Å². The van der Waals surface area contributed by atoms with Crippen LogP contribution in [0.2, 0.25) is 0 Å². The van der Waals surface area contributed by atoms with Crippen molar-refractivity contribution >= 4 is 11.4 Å². The molecule has 2 aromatic rings. The van der Waals surface area contributed by atoms with E-state index in [0.29, 0.717) is 0 Å². The normalized spacial score (nSPS) is 11.8. The molecule has 0 aliphatic carbocycles. The van der Waals surface area contributed by atoms with Gasteiger partial charge >= 0.3 is 172 Å². The Labute approximate surface area is 379 Å². The molecule has 60 heavy (non-hydrogen) atoms. The second-order valence-corrected chi connectivity index (χ2v) is 18.0. The Balaban J connectivity index is 0.000000638. The van der Waals surface area contributed by atoms with Gasteiger partial charge in [-0.3, -0.25) is 0 Å². The van der Waals surface area contributed by atoms with Gasteiger partial charge in [0.1, 0.15) is 0 Å². The number of hydrogen-bond acceptors (Lipinski definition) is 0. The molecule has 0 aromatic heterocycles. The van der Waals surface area contributed by atoms with Crippen LogP contribution in [0.1, 0.15) is 250 Å². The van der Waals surface area contributed by atoms with Gasteiger partial charge in [-0.05, 0) is 78.3 Å². The smallest absolute Gasteiger partial charge is 0.348 e. The molecular weight excluding hydrogens is 771 g/mol. The third-order valence-electron chi connectivity index (χ3n) is 11.5. The Morgan fingerprint density at radius 3 is 1.47 bits per heavy atom. The molecule has 2 rings (SSSR count). The maximum absolute atomic E-state index is 9.52. The molecule has 2 nitrogen and oxygen atoms in total. The monoisotopic (exact) mass is 863 g/mol. The van der Waals surface area contributed by atoms with E-state index in [-0.39, 0.29) is 0 Å². The minimum Gasteiger partial charge on any atom is -0.348 e. The van der Waals surface area contributed by atoms with Gasteiger partial charge in [0.15, 0.2) is 0 Å². The summed E-state index contributed by atoms with van der Waals surface area (Å²) in [5, 5.41) is 4.58. The van der Waals surface area contributed by atoms with Crippen molar-refractivity contribution in [2.75, 3.05) is 0 Å². The van der Waals surface area contributed by atoms with Crippen molar-refractivity contribution in [1.29, 1.82) is 0 Å². The van der Waals surface area contributed by atoms with Crippen LogP contribution in [0, 0.1) is 0 Å². The molecule has 0 unspecified atom stereocenters. The van der Waals surface area contributed by atoms with Crippen LogP contribution in [0.15, 0.2) is 81.9 Å². The predicted molar refractivity (Wildman–Crippen MR) is 265 cm³/mol. The molecule has 0 amide bonds. The quantitative estimate of drug-likeness (QED) is 0.0163. The van der Waals surface area contributed by atoms with Gasteiger partial charge in [-0.1, -0.05) is 115 Å². The van der Waals surface area contributed by atoms with Gasteiger partial charge in [-0.25, -0.2) is 0 Å². The number of benzene rings is 2. The molecule has 0 radical (unpaired) electrons. The zero-order valence-corrected chi connectivity index (χ0v) is 41.0. The van der Waals surface area contributed by atoms with Gasteiger partial charge in [0.25, 0.3) is 0 Å². The van der Waals surface area contributed by atoms with Crippen LogP contribution in [0.3, 0.4) is 0 Å². The van der Waals surface area contributed by atoms with Crippen LogP contribution in [0.25, 0.3) is 11.1 Å². The first-order chi connectivity index (χ1) is 29.6. The van der Waals surface area contributed by atoms with E-state index in [1.54, 1.807) is 14.4 Å². The number of aryl methyl sites for hydroxylation is 2. The Morgan fingerprint density at radius 2 is 0.967 bits per heavy atom. The van der Waals surface area contributed by atoms with Crippen molar-refractivity contribution in [2.24, 2.45) is 0 Å². The van der Waals surface area contributed by atoms with Crippen LogP contribution in [-0.2, 0) is 27.3 Å². The molecule has 0 fully saturated rings. The number of rotatable bonds is 36.